The molecule has 0 spiro atoms. The molecule has 0 saturated carbocycles. The molecule has 2 amide bonds. The normalized spacial score (nSPS) is 10.6. The molecular formula is C17H15N3O3S2. The Morgan fingerprint density at radius 2 is 2.08 bits per heavy atom. The van der Waals surface area contributed by atoms with Gasteiger partial charge in [-0.05, 0) is 30.3 Å². The Kier molecular flexibility index (Phi) is 5.20. The van der Waals surface area contributed by atoms with Crippen LogP contribution in [-0.2, 0) is 4.79 Å². The summed E-state index contributed by atoms with van der Waals surface area (Å²) in [6, 6.07) is 12.5. The summed E-state index contributed by atoms with van der Waals surface area (Å²) in [5.74, 6) is -0.126. The predicted molar refractivity (Wildman–Crippen MR) is 100 cm³/mol. The van der Waals surface area contributed by atoms with E-state index in [1.54, 1.807) is 23.5 Å². The number of thioether (sulfide) groups is 1. The van der Waals surface area contributed by atoms with Crippen LogP contribution in [0.25, 0.3) is 10.2 Å². The number of fused-ring (bicyclic) bond motifs is 1. The number of anilines is 1. The van der Waals surface area contributed by atoms with Gasteiger partial charge in [-0.1, -0.05) is 23.9 Å². The summed E-state index contributed by atoms with van der Waals surface area (Å²) in [6.07, 6.45) is 0. The molecule has 3 rings (SSSR count). The van der Waals surface area contributed by atoms with Crippen LogP contribution in [0.5, 0.6) is 5.75 Å². The number of nitrogens with two attached hydrogens (primary N) is 1. The third-order valence-corrected chi connectivity index (χ3v) is 5.54. The second-order valence-electron chi connectivity index (χ2n) is 5.06. The molecule has 0 aliphatic carbocycles. The van der Waals surface area contributed by atoms with Crippen molar-refractivity contribution in [3.8, 4) is 5.75 Å². The number of nitrogens with zero attached hydrogens (tertiary/aromatic N) is 1. The van der Waals surface area contributed by atoms with Crippen LogP contribution in [0.1, 0.15) is 10.4 Å². The minimum Gasteiger partial charge on any atom is -0.495 e. The number of benzene rings is 2. The number of carbonyl (C=O) groups excluding carboxylic acids is 2. The zero-order valence-corrected chi connectivity index (χ0v) is 14.9. The van der Waals surface area contributed by atoms with Gasteiger partial charge in [-0.2, -0.15) is 0 Å². The molecule has 3 N–H and O–H groups in total. The number of para-hydroxylation sites is 1. The molecule has 0 radical (unpaired) electrons. The molecule has 25 heavy (non-hydrogen) atoms. The van der Waals surface area contributed by atoms with E-state index < -0.39 is 5.91 Å². The number of hydrogen-bond acceptors (Lipinski definition) is 6. The van der Waals surface area contributed by atoms with Crippen LogP contribution < -0.4 is 15.8 Å². The molecule has 6 nitrogen and oxygen atoms in total. The molecule has 0 fully saturated rings. The van der Waals surface area contributed by atoms with E-state index in [9.17, 15) is 9.59 Å². The molecule has 1 aromatic heterocycles. The Morgan fingerprint density at radius 1 is 1.28 bits per heavy atom. The van der Waals surface area contributed by atoms with Gasteiger partial charge in [0.1, 0.15) is 5.75 Å². The van der Waals surface area contributed by atoms with Crippen molar-refractivity contribution >= 4 is 50.8 Å². The molecule has 0 bridgehead atoms. The highest BCUT2D eigenvalue weighted by molar-refractivity contribution is 8.01. The molecule has 0 unspecified atom stereocenters. The third-order valence-electron chi connectivity index (χ3n) is 3.36. The molecule has 8 heteroatoms. The average Bonchev–Trinajstić information content (AvgIpc) is 3.03. The Hall–Kier alpha value is -2.58. The summed E-state index contributed by atoms with van der Waals surface area (Å²) in [7, 11) is 1.49. The van der Waals surface area contributed by atoms with Crippen LogP contribution in [0.2, 0.25) is 0 Å². The predicted octanol–water partition coefficient (Wildman–Crippen LogP) is 3.13. The number of aromatic nitrogens is 1. The Labute approximate surface area is 152 Å². The molecule has 0 aliphatic rings. The van der Waals surface area contributed by atoms with Crippen molar-refractivity contribution in [2.45, 2.75) is 4.34 Å². The first-order chi connectivity index (χ1) is 12.1. The van der Waals surface area contributed by atoms with Gasteiger partial charge < -0.3 is 15.8 Å². The van der Waals surface area contributed by atoms with Crippen LogP contribution in [0.4, 0.5) is 5.69 Å². The Balaban J connectivity index is 1.67. The maximum Gasteiger partial charge on any atom is 0.248 e. The summed E-state index contributed by atoms with van der Waals surface area (Å²) in [5, 5.41) is 2.75. The highest BCUT2D eigenvalue weighted by atomic mass is 32.2. The second-order valence-corrected chi connectivity index (χ2v) is 7.32. The fourth-order valence-electron chi connectivity index (χ4n) is 2.19. The summed E-state index contributed by atoms with van der Waals surface area (Å²) < 4.78 is 7.11. The lowest BCUT2D eigenvalue weighted by molar-refractivity contribution is -0.113. The van der Waals surface area contributed by atoms with E-state index in [-0.39, 0.29) is 11.7 Å². The van der Waals surface area contributed by atoms with Gasteiger partial charge >= 0.3 is 0 Å². The van der Waals surface area contributed by atoms with Gasteiger partial charge in [0.15, 0.2) is 4.34 Å². The monoisotopic (exact) mass is 373 g/mol. The standard InChI is InChI=1S/C17H15N3O3S2/c1-23-13-7-6-10(16(18)22)8-12(13)19-15(21)9-24-17-20-11-4-2-3-5-14(11)25-17/h2-8H,9H2,1H3,(H2,18,22)(H,19,21). The average molecular weight is 373 g/mol. The molecular weight excluding hydrogens is 358 g/mol. The number of primary amides is 1. The zero-order valence-electron chi connectivity index (χ0n) is 13.3. The summed E-state index contributed by atoms with van der Waals surface area (Å²) in [5.41, 5.74) is 6.91. The van der Waals surface area contributed by atoms with Gasteiger partial charge in [0.25, 0.3) is 0 Å². The fraction of sp³-hybridized carbons (Fsp3) is 0.118. The second kappa shape index (κ2) is 7.54. The van der Waals surface area contributed by atoms with Crippen LogP contribution in [-0.4, -0.2) is 29.7 Å². The number of thiazole rings is 1. The molecule has 3 aromatic rings. The smallest absolute Gasteiger partial charge is 0.248 e. The first-order valence-corrected chi connectivity index (χ1v) is 9.13. The Morgan fingerprint density at radius 3 is 2.80 bits per heavy atom. The number of nitrogens with one attached hydrogen (secondary N) is 1. The molecule has 0 aliphatic heterocycles. The SMILES string of the molecule is COc1ccc(C(N)=O)cc1NC(=O)CSc1nc2ccccc2s1. The van der Waals surface area contributed by atoms with E-state index in [0.29, 0.717) is 17.0 Å². The number of carbonyl (C=O) groups is 2. The maximum atomic E-state index is 12.2. The largest absolute Gasteiger partial charge is 0.495 e. The maximum absolute atomic E-state index is 12.2. The number of rotatable bonds is 6. The Bertz CT molecular complexity index is 907. The minimum absolute atomic E-state index is 0.198. The summed E-state index contributed by atoms with van der Waals surface area (Å²) in [6.45, 7) is 0. The third kappa shape index (κ3) is 4.09. The van der Waals surface area contributed by atoms with Crippen molar-refractivity contribution in [3.63, 3.8) is 0 Å². The fourth-order valence-corrected chi connectivity index (χ4v) is 4.05. The topological polar surface area (TPSA) is 94.3 Å². The van der Waals surface area contributed by atoms with Gasteiger partial charge in [0.05, 0.1) is 28.8 Å². The lowest BCUT2D eigenvalue weighted by Crippen LogP contribution is -2.16. The molecule has 128 valence electrons. The van der Waals surface area contributed by atoms with Crippen LogP contribution in [0, 0.1) is 0 Å². The first kappa shape index (κ1) is 17.2. The van der Waals surface area contributed by atoms with Crippen LogP contribution in [0.15, 0.2) is 46.8 Å². The van der Waals surface area contributed by atoms with E-state index in [2.05, 4.69) is 10.3 Å². The molecule has 0 saturated heterocycles. The van der Waals surface area contributed by atoms with Crippen molar-refractivity contribution in [1.29, 1.82) is 0 Å². The highest BCUT2D eigenvalue weighted by Crippen LogP contribution is 2.30. The number of hydrogen-bond donors (Lipinski definition) is 2. The van der Waals surface area contributed by atoms with E-state index in [1.807, 2.05) is 24.3 Å². The summed E-state index contributed by atoms with van der Waals surface area (Å²) >= 11 is 2.91. The minimum atomic E-state index is -0.568. The van der Waals surface area contributed by atoms with Gasteiger partial charge in [-0.15, -0.1) is 11.3 Å². The zero-order chi connectivity index (χ0) is 17.8. The van der Waals surface area contributed by atoms with Crippen molar-refractivity contribution < 1.29 is 14.3 Å². The van der Waals surface area contributed by atoms with E-state index in [0.717, 1.165) is 14.6 Å². The van der Waals surface area contributed by atoms with Gasteiger partial charge in [0.2, 0.25) is 11.8 Å². The molecule has 2 aromatic carbocycles. The first-order valence-electron chi connectivity index (χ1n) is 7.33. The highest BCUT2D eigenvalue weighted by Gasteiger charge is 2.12. The van der Waals surface area contributed by atoms with E-state index in [4.69, 9.17) is 10.5 Å². The van der Waals surface area contributed by atoms with Gasteiger partial charge in [0, 0.05) is 5.56 Å². The van der Waals surface area contributed by atoms with E-state index >= 15 is 0 Å². The van der Waals surface area contributed by atoms with Crippen molar-refractivity contribution in [2.24, 2.45) is 5.73 Å². The summed E-state index contributed by atoms with van der Waals surface area (Å²) in [4.78, 5) is 28.0. The molecule has 1 heterocycles. The van der Waals surface area contributed by atoms with Crippen molar-refractivity contribution in [1.82, 2.24) is 4.98 Å². The molecule has 0 atom stereocenters. The van der Waals surface area contributed by atoms with Crippen LogP contribution in [0.3, 0.4) is 0 Å². The lowest BCUT2D eigenvalue weighted by atomic mass is 10.1. The van der Waals surface area contributed by atoms with E-state index in [1.165, 1.54) is 24.9 Å². The van der Waals surface area contributed by atoms with Crippen LogP contribution >= 0.6 is 23.1 Å². The van der Waals surface area contributed by atoms with Crippen molar-refractivity contribution in [3.05, 3.63) is 48.0 Å². The van der Waals surface area contributed by atoms with Gasteiger partial charge in [-0.25, -0.2) is 4.98 Å². The lowest BCUT2D eigenvalue weighted by Gasteiger charge is -2.10. The quantitative estimate of drug-likeness (QED) is 0.647. The number of ether oxygens (including phenoxy) is 1. The van der Waals surface area contributed by atoms with Gasteiger partial charge in [-0.3, -0.25) is 9.59 Å². The number of methoxy groups -OCH3 is 1. The number of amides is 2. The van der Waals surface area contributed by atoms with Crippen molar-refractivity contribution in [2.75, 3.05) is 18.2 Å².